The Morgan fingerprint density at radius 1 is 1.28 bits per heavy atom. The van der Waals surface area contributed by atoms with Gasteiger partial charge in [0.1, 0.15) is 0 Å². The third-order valence-corrected chi connectivity index (χ3v) is 2.85. The first kappa shape index (κ1) is 12.9. The van der Waals surface area contributed by atoms with Crippen molar-refractivity contribution >= 4 is 15.9 Å². The van der Waals surface area contributed by atoms with Gasteiger partial charge in [0.15, 0.2) is 0 Å². The van der Waals surface area contributed by atoms with Gasteiger partial charge in [-0.15, -0.1) is 5.10 Å². The molecule has 0 atom stereocenters. The van der Waals surface area contributed by atoms with Gasteiger partial charge in [-0.3, -0.25) is 0 Å². The van der Waals surface area contributed by atoms with Gasteiger partial charge in [-0.2, -0.15) is 0 Å². The second-order valence-corrected chi connectivity index (χ2v) is 5.08. The van der Waals surface area contributed by atoms with Crippen molar-refractivity contribution in [1.29, 1.82) is 0 Å². The van der Waals surface area contributed by atoms with Gasteiger partial charge in [-0.05, 0) is 38.1 Å². The van der Waals surface area contributed by atoms with Crippen molar-refractivity contribution < 1.29 is 4.74 Å². The maximum atomic E-state index is 12.0. The molecule has 0 unspecified atom stereocenters. The molecule has 0 bridgehead atoms. The third-order valence-electron chi connectivity index (χ3n) is 2.32. The number of nitrogens with zero attached hydrogens (tertiary/aromatic N) is 3. The molecule has 1 aromatic heterocycles. The Balaban J connectivity index is 2.55. The van der Waals surface area contributed by atoms with Crippen molar-refractivity contribution in [2.45, 2.75) is 20.0 Å². The van der Waals surface area contributed by atoms with E-state index in [4.69, 9.17) is 4.74 Å². The highest BCUT2D eigenvalue weighted by Gasteiger charge is 2.15. The van der Waals surface area contributed by atoms with Gasteiger partial charge in [0.2, 0.25) is 0 Å². The Morgan fingerprint density at radius 2 is 1.89 bits per heavy atom. The van der Waals surface area contributed by atoms with Gasteiger partial charge in [-0.1, -0.05) is 15.9 Å². The predicted molar refractivity (Wildman–Crippen MR) is 72.3 cm³/mol. The summed E-state index contributed by atoms with van der Waals surface area (Å²) in [6.45, 7) is 3.79. The van der Waals surface area contributed by atoms with Crippen molar-refractivity contribution in [3.63, 3.8) is 0 Å². The molecule has 0 spiro atoms. The Hall–Kier alpha value is -1.56. The summed E-state index contributed by atoms with van der Waals surface area (Å²) in [7, 11) is 1.60. The van der Waals surface area contributed by atoms with Gasteiger partial charge in [0.05, 0.1) is 11.8 Å². The molecule has 0 saturated carbocycles. The van der Waals surface area contributed by atoms with E-state index in [-0.39, 0.29) is 11.8 Å². The Kier molecular flexibility index (Phi) is 3.56. The molecule has 5 nitrogen and oxygen atoms in total. The van der Waals surface area contributed by atoms with E-state index in [0.717, 1.165) is 10.2 Å². The Morgan fingerprint density at radius 3 is 2.44 bits per heavy atom. The van der Waals surface area contributed by atoms with Crippen LogP contribution in [0.4, 0.5) is 0 Å². The highest BCUT2D eigenvalue weighted by molar-refractivity contribution is 9.10. The fourth-order valence-corrected chi connectivity index (χ4v) is 1.80. The van der Waals surface area contributed by atoms with Gasteiger partial charge in [0.25, 0.3) is 0 Å². The minimum Gasteiger partial charge on any atom is -0.461 e. The summed E-state index contributed by atoms with van der Waals surface area (Å²) in [4.78, 5) is 12.0. The molecule has 2 aromatic rings. The molecule has 0 aliphatic rings. The van der Waals surface area contributed by atoms with Gasteiger partial charge in [-0.25, -0.2) is 14.0 Å². The molecule has 0 aliphatic carbocycles. The van der Waals surface area contributed by atoms with Gasteiger partial charge < -0.3 is 4.74 Å². The van der Waals surface area contributed by atoms with Crippen molar-refractivity contribution in [1.82, 2.24) is 14.3 Å². The van der Waals surface area contributed by atoms with Crippen LogP contribution in [0.2, 0.25) is 0 Å². The second-order valence-electron chi connectivity index (χ2n) is 4.17. The average molecular weight is 312 g/mol. The lowest BCUT2D eigenvalue weighted by Gasteiger charge is -2.09. The SMILES string of the molecule is CC(C)Oc1nn(C)c(=O)n1-c1ccc(Br)cc1. The van der Waals surface area contributed by atoms with E-state index in [0.29, 0.717) is 6.01 Å². The second kappa shape index (κ2) is 4.97. The largest absolute Gasteiger partial charge is 0.461 e. The lowest BCUT2D eigenvalue weighted by Crippen LogP contribution is -2.22. The zero-order valence-electron chi connectivity index (χ0n) is 10.4. The highest BCUT2D eigenvalue weighted by atomic mass is 79.9. The summed E-state index contributed by atoms with van der Waals surface area (Å²) in [5.41, 5.74) is 0.500. The number of rotatable bonds is 3. The molecule has 0 N–H and O–H groups in total. The zero-order valence-corrected chi connectivity index (χ0v) is 12.0. The maximum Gasteiger partial charge on any atom is 0.353 e. The van der Waals surface area contributed by atoms with E-state index in [2.05, 4.69) is 21.0 Å². The van der Waals surface area contributed by atoms with Gasteiger partial charge in [0, 0.05) is 11.5 Å². The van der Waals surface area contributed by atoms with E-state index >= 15 is 0 Å². The van der Waals surface area contributed by atoms with E-state index in [9.17, 15) is 4.79 Å². The third kappa shape index (κ3) is 2.48. The first-order valence-corrected chi connectivity index (χ1v) is 6.37. The minimum atomic E-state index is -0.229. The fourth-order valence-electron chi connectivity index (χ4n) is 1.54. The van der Waals surface area contributed by atoms with Crippen molar-refractivity contribution in [3.05, 3.63) is 39.2 Å². The van der Waals surface area contributed by atoms with Crippen molar-refractivity contribution in [3.8, 4) is 11.7 Å². The highest BCUT2D eigenvalue weighted by Crippen LogP contribution is 2.17. The van der Waals surface area contributed by atoms with Crippen LogP contribution in [-0.2, 0) is 7.05 Å². The topological polar surface area (TPSA) is 49.1 Å². The molecule has 0 radical (unpaired) electrons. The van der Waals surface area contributed by atoms with Gasteiger partial charge >= 0.3 is 11.7 Å². The number of aromatic nitrogens is 3. The molecule has 0 amide bonds. The molecular formula is C12H14BrN3O2. The molecule has 0 fully saturated rings. The molecular weight excluding hydrogens is 298 g/mol. The lowest BCUT2D eigenvalue weighted by atomic mass is 10.3. The lowest BCUT2D eigenvalue weighted by molar-refractivity contribution is 0.216. The molecule has 0 saturated heterocycles. The molecule has 18 heavy (non-hydrogen) atoms. The van der Waals surface area contributed by atoms with E-state index in [1.807, 2.05) is 38.1 Å². The number of hydrogen-bond acceptors (Lipinski definition) is 3. The van der Waals surface area contributed by atoms with Crippen LogP contribution < -0.4 is 10.4 Å². The van der Waals surface area contributed by atoms with E-state index < -0.39 is 0 Å². The number of halogens is 1. The fraction of sp³-hybridized carbons (Fsp3) is 0.333. The van der Waals surface area contributed by atoms with E-state index in [1.165, 1.54) is 9.25 Å². The molecule has 2 rings (SSSR count). The summed E-state index contributed by atoms with van der Waals surface area (Å²) in [6, 6.07) is 7.71. The number of ether oxygens (including phenoxy) is 1. The van der Waals surface area contributed by atoms with Crippen LogP contribution in [-0.4, -0.2) is 20.5 Å². The smallest absolute Gasteiger partial charge is 0.353 e. The number of benzene rings is 1. The zero-order chi connectivity index (χ0) is 13.3. The molecule has 96 valence electrons. The van der Waals surface area contributed by atoms with Crippen LogP contribution in [0, 0.1) is 0 Å². The molecule has 1 aromatic carbocycles. The quantitative estimate of drug-likeness (QED) is 0.872. The maximum absolute atomic E-state index is 12.0. The number of hydrogen-bond donors (Lipinski definition) is 0. The first-order chi connectivity index (χ1) is 8.49. The minimum absolute atomic E-state index is 0.0407. The summed E-state index contributed by atoms with van der Waals surface area (Å²) >= 11 is 3.36. The summed E-state index contributed by atoms with van der Waals surface area (Å²) in [5, 5.41) is 4.08. The Labute approximate surface area is 113 Å². The van der Waals surface area contributed by atoms with Crippen LogP contribution in [0.25, 0.3) is 5.69 Å². The summed E-state index contributed by atoms with van der Waals surface area (Å²) in [5.74, 6) is 0. The van der Waals surface area contributed by atoms with E-state index in [1.54, 1.807) is 7.05 Å². The van der Waals surface area contributed by atoms with Crippen LogP contribution in [0.5, 0.6) is 6.01 Å². The average Bonchev–Trinajstić information content (AvgIpc) is 2.55. The molecule has 0 aliphatic heterocycles. The van der Waals surface area contributed by atoms with Crippen LogP contribution in [0.3, 0.4) is 0 Å². The van der Waals surface area contributed by atoms with Crippen molar-refractivity contribution in [2.75, 3.05) is 0 Å². The van der Waals surface area contributed by atoms with Crippen LogP contribution in [0.1, 0.15) is 13.8 Å². The van der Waals surface area contributed by atoms with Crippen LogP contribution >= 0.6 is 15.9 Å². The summed E-state index contributed by atoms with van der Waals surface area (Å²) in [6.07, 6.45) is -0.0407. The standard InChI is InChI=1S/C12H14BrN3O2/c1-8(2)18-11-14-15(3)12(17)16(11)10-6-4-9(13)5-7-10/h4-8H,1-3H3. The molecule has 1 heterocycles. The molecule has 6 heteroatoms. The predicted octanol–water partition coefficient (Wildman–Crippen LogP) is 2.12. The summed E-state index contributed by atoms with van der Waals surface area (Å²) < 4.78 is 9.22. The Bertz CT molecular complexity index is 599. The first-order valence-electron chi connectivity index (χ1n) is 5.57. The normalized spacial score (nSPS) is 10.9. The van der Waals surface area contributed by atoms with Crippen molar-refractivity contribution in [2.24, 2.45) is 7.05 Å². The van der Waals surface area contributed by atoms with Crippen LogP contribution in [0.15, 0.2) is 33.5 Å². The monoisotopic (exact) mass is 311 g/mol. The number of aryl methyl sites for hydroxylation is 1.